The topological polar surface area (TPSA) is 79.1 Å². The van der Waals surface area contributed by atoms with Crippen LogP contribution in [-0.2, 0) is 0 Å². The number of pyridine rings is 1. The molecule has 0 radical (unpaired) electrons. The van der Waals surface area contributed by atoms with Crippen LogP contribution in [0.5, 0.6) is 0 Å². The first-order chi connectivity index (χ1) is 5.24. The Labute approximate surface area is 63.7 Å². The molecule has 0 bridgehead atoms. The fourth-order valence-electron chi connectivity index (χ4n) is 0.766. The molecule has 0 amide bonds. The van der Waals surface area contributed by atoms with Crippen molar-refractivity contribution in [3.8, 4) is 0 Å². The summed E-state index contributed by atoms with van der Waals surface area (Å²) in [6.45, 7) is 0.159. The number of rotatable bonds is 2. The molecule has 0 aliphatic rings. The lowest BCUT2D eigenvalue weighted by molar-refractivity contribution is 0.186. The van der Waals surface area contributed by atoms with Gasteiger partial charge in [0.05, 0.1) is 6.10 Å². The maximum atomic E-state index is 10.6. The third-order valence-electron chi connectivity index (χ3n) is 1.42. The Morgan fingerprint density at radius 2 is 2.36 bits per heavy atom. The normalized spacial score (nSPS) is 12.9. The summed E-state index contributed by atoms with van der Waals surface area (Å²) in [6, 6.07) is 2.91. The first-order valence-corrected chi connectivity index (χ1v) is 3.31. The number of aromatic amines is 1. The lowest BCUT2D eigenvalue weighted by Crippen LogP contribution is -2.13. The van der Waals surface area contributed by atoms with Crippen molar-refractivity contribution in [3.63, 3.8) is 0 Å². The van der Waals surface area contributed by atoms with Crippen molar-refractivity contribution in [2.75, 3.05) is 6.54 Å². The second kappa shape index (κ2) is 3.32. The molecule has 0 saturated carbocycles. The largest absolute Gasteiger partial charge is 0.387 e. The van der Waals surface area contributed by atoms with Gasteiger partial charge in [0.1, 0.15) is 0 Å². The highest BCUT2D eigenvalue weighted by molar-refractivity contribution is 5.11. The summed E-state index contributed by atoms with van der Waals surface area (Å²) in [6.07, 6.45) is 0.770. The average molecular weight is 154 g/mol. The molecule has 11 heavy (non-hydrogen) atoms. The van der Waals surface area contributed by atoms with Crippen LogP contribution in [-0.4, -0.2) is 16.6 Å². The van der Waals surface area contributed by atoms with Crippen molar-refractivity contribution in [1.82, 2.24) is 4.98 Å². The Bertz CT molecular complexity index is 262. The Hall–Kier alpha value is -1.13. The molecular weight excluding hydrogens is 144 g/mol. The molecule has 0 saturated heterocycles. The smallest absolute Gasteiger partial charge is 0.247 e. The van der Waals surface area contributed by atoms with E-state index in [-0.39, 0.29) is 12.1 Å². The van der Waals surface area contributed by atoms with Gasteiger partial charge in [-0.05, 0) is 11.6 Å². The zero-order chi connectivity index (χ0) is 8.27. The fourth-order valence-corrected chi connectivity index (χ4v) is 0.766. The molecule has 4 nitrogen and oxygen atoms in total. The van der Waals surface area contributed by atoms with Crippen LogP contribution in [0, 0.1) is 0 Å². The number of H-pyrrole nitrogens is 1. The molecule has 1 aromatic rings. The van der Waals surface area contributed by atoms with Crippen molar-refractivity contribution in [2.24, 2.45) is 5.73 Å². The molecule has 4 heteroatoms. The predicted octanol–water partition coefficient (Wildman–Crippen LogP) is -0.633. The Morgan fingerprint density at radius 3 is 2.82 bits per heavy atom. The molecule has 0 aromatic carbocycles. The summed E-state index contributed by atoms with van der Waals surface area (Å²) in [7, 11) is 0. The van der Waals surface area contributed by atoms with Gasteiger partial charge in [-0.15, -0.1) is 0 Å². The van der Waals surface area contributed by atoms with E-state index < -0.39 is 6.10 Å². The second-order valence-corrected chi connectivity index (χ2v) is 2.24. The fraction of sp³-hybridized carbons (Fsp3) is 0.286. The number of hydrogen-bond acceptors (Lipinski definition) is 3. The van der Waals surface area contributed by atoms with Gasteiger partial charge in [0.25, 0.3) is 0 Å². The summed E-state index contributed by atoms with van der Waals surface area (Å²) in [5, 5.41) is 9.17. The molecule has 1 unspecified atom stereocenters. The van der Waals surface area contributed by atoms with Crippen LogP contribution in [0.1, 0.15) is 11.7 Å². The molecule has 0 aliphatic heterocycles. The maximum Gasteiger partial charge on any atom is 0.247 e. The Morgan fingerprint density at radius 1 is 1.64 bits per heavy atom. The lowest BCUT2D eigenvalue weighted by Gasteiger charge is -2.05. The van der Waals surface area contributed by atoms with Crippen molar-refractivity contribution in [2.45, 2.75) is 6.10 Å². The van der Waals surface area contributed by atoms with Gasteiger partial charge in [-0.2, -0.15) is 0 Å². The second-order valence-electron chi connectivity index (χ2n) is 2.24. The molecule has 60 valence electrons. The number of aliphatic hydroxyl groups excluding tert-OH is 1. The van der Waals surface area contributed by atoms with Gasteiger partial charge in [-0.25, -0.2) is 0 Å². The lowest BCUT2D eigenvalue weighted by atomic mass is 10.2. The highest BCUT2D eigenvalue weighted by atomic mass is 16.3. The van der Waals surface area contributed by atoms with Gasteiger partial charge >= 0.3 is 0 Å². The summed E-state index contributed by atoms with van der Waals surface area (Å²) in [5.41, 5.74) is 5.65. The standard InChI is InChI=1S/C7H10N2O2/c8-3-6(10)5-1-2-7(11)9-4-5/h1-2,4,6,10H,3,8H2,(H,9,11). The van der Waals surface area contributed by atoms with Gasteiger partial charge in [-0.1, -0.05) is 0 Å². The summed E-state index contributed by atoms with van der Waals surface area (Å²) < 4.78 is 0. The van der Waals surface area contributed by atoms with Gasteiger partial charge in [0, 0.05) is 18.8 Å². The highest BCUT2D eigenvalue weighted by Gasteiger charge is 2.02. The Kier molecular flexibility index (Phi) is 2.40. The quantitative estimate of drug-likeness (QED) is 0.530. The predicted molar refractivity (Wildman–Crippen MR) is 41.1 cm³/mol. The SMILES string of the molecule is NCC(O)c1ccc(=O)[nH]c1. The van der Waals surface area contributed by atoms with Crippen molar-refractivity contribution < 1.29 is 5.11 Å². The van der Waals surface area contributed by atoms with Gasteiger partial charge < -0.3 is 15.8 Å². The number of aliphatic hydroxyl groups is 1. The molecule has 1 rings (SSSR count). The minimum Gasteiger partial charge on any atom is -0.387 e. The minimum atomic E-state index is -0.688. The van der Waals surface area contributed by atoms with Crippen LogP contribution in [0.25, 0.3) is 0 Å². The third-order valence-corrected chi connectivity index (χ3v) is 1.42. The maximum absolute atomic E-state index is 10.6. The van der Waals surface area contributed by atoms with E-state index in [1.807, 2.05) is 0 Å². The van der Waals surface area contributed by atoms with Gasteiger partial charge in [-0.3, -0.25) is 4.79 Å². The monoisotopic (exact) mass is 154 g/mol. The van der Waals surface area contributed by atoms with Crippen LogP contribution in [0.2, 0.25) is 0 Å². The summed E-state index contributed by atoms with van der Waals surface area (Å²) in [5.74, 6) is 0. The molecule has 4 N–H and O–H groups in total. The van der Waals surface area contributed by atoms with Gasteiger partial charge in [0.2, 0.25) is 5.56 Å². The van der Waals surface area contributed by atoms with E-state index in [0.29, 0.717) is 5.56 Å². The van der Waals surface area contributed by atoms with E-state index in [9.17, 15) is 9.90 Å². The van der Waals surface area contributed by atoms with Crippen molar-refractivity contribution in [3.05, 3.63) is 34.2 Å². The zero-order valence-electron chi connectivity index (χ0n) is 5.95. The number of nitrogens with two attached hydrogens (primary N) is 1. The van der Waals surface area contributed by atoms with Crippen LogP contribution < -0.4 is 11.3 Å². The average Bonchev–Trinajstić information content (AvgIpc) is 2.05. The number of hydrogen-bond donors (Lipinski definition) is 3. The first kappa shape index (κ1) is 7.97. The van der Waals surface area contributed by atoms with Crippen molar-refractivity contribution in [1.29, 1.82) is 0 Å². The van der Waals surface area contributed by atoms with Crippen LogP contribution in [0.3, 0.4) is 0 Å². The van der Waals surface area contributed by atoms with Crippen molar-refractivity contribution >= 4 is 0 Å². The van der Waals surface area contributed by atoms with E-state index in [1.165, 1.54) is 12.3 Å². The molecule has 1 aromatic heterocycles. The first-order valence-electron chi connectivity index (χ1n) is 3.31. The van der Waals surface area contributed by atoms with E-state index in [1.54, 1.807) is 6.07 Å². The molecule has 0 fully saturated rings. The summed E-state index contributed by atoms with van der Waals surface area (Å²) in [4.78, 5) is 13.0. The molecule has 0 aliphatic carbocycles. The van der Waals surface area contributed by atoms with Crippen LogP contribution in [0.4, 0.5) is 0 Å². The van der Waals surface area contributed by atoms with Gasteiger partial charge in [0.15, 0.2) is 0 Å². The third kappa shape index (κ3) is 1.89. The number of nitrogens with one attached hydrogen (secondary N) is 1. The van der Waals surface area contributed by atoms with E-state index in [4.69, 9.17) is 5.73 Å². The molecule has 0 spiro atoms. The summed E-state index contributed by atoms with van der Waals surface area (Å²) >= 11 is 0. The Balaban J connectivity index is 2.89. The highest BCUT2D eigenvalue weighted by Crippen LogP contribution is 2.06. The zero-order valence-corrected chi connectivity index (χ0v) is 5.95. The van der Waals surface area contributed by atoms with E-state index in [0.717, 1.165) is 0 Å². The minimum absolute atomic E-state index is 0.159. The van der Waals surface area contributed by atoms with Crippen LogP contribution in [0.15, 0.2) is 23.1 Å². The van der Waals surface area contributed by atoms with E-state index in [2.05, 4.69) is 4.98 Å². The molecule has 1 atom stereocenters. The van der Waals surface area contributed by atoms with E-state index >= 15 is 0 Å². The molecular formula is C7H10N2O2. The molecule has 1 heterocycles. The van der Waals surface area contributed by atoms with Crippen LogP contribution >= 0.6 is 0 Å². The number of aromatic nitrogens is 1.